The SMILES string of the molecule is Cc1ccccc1CC(=O)N1CC2(C1)C(COCC1CC1)CCS2(=O)=O. The number of likely N-dealkylation sites (tertiary alicyclic amines) is 1. The van der Waals surface area contributed by atoms with E-state index in [9.17, 15) is 13.2 Å². The predicted octanol–water partition coefficient (Wildman–Crippen LogP) is 1.98. The molecule has 1 spiro atoms. The zero-order valence-electron chi connectivity index (χ0n) is 15.3. The fraction of sp³-hybridized carbons (Fsp3) is 0.650. The number of rotatable bonds is 6. The molecule has 2 heterocycles. The third-order valence-electron chi connectivity index (χ3n) is 6.34. The predicted molar refractivity (Wildman–Crippen MR) is 99.6 cm³/mol. The highest BCUT2D eigenvalue weighted by molar-refractivity contribution is 7.93. The maximum atomic E-state index is 12.7. The molecule has 3 fully saturated rings. The van der Waals surface area contributed by atoms with Gasteiger partial charge in [-0.05, 0) is 43.2 Å². The van der Waals surface area contributed by atoms with Crippen molar-refractivity contribution in [2.24, 2.45) is 11.8 Å². The Morgan fingerprint density at radius 1 is 1.19 bits per heavy atom. The Morgan fingerprint density at radius 3 is 2.62 bits per heavy atom. The molecule has 1 amide bonds. The summed E-state index contributed by atoms with van der Waals surface area (Å²) in [5.74, 6) is 0.945. The fourth-order valence-corrected chi connectivity index (χ4v) is 6.63. The topological polar surface area (TPSA) is 63.7 Å². The second-order valence-corrected chi connectivity index (χ2v) is 10.7. The van der Waals surface area contributed by atoms with Crippen LogP contribution in [0, 0.1) is 18.8 Å². The molecule has 0 radical (unpaired) electrons. The van der Waals surface area contributed by atoms with Crippen LogP contribution in [0.4, 0.5) is 0 Å². The zero-order valence-corrected chi connectivity index (χ0v) is 16.1. The zero-order chi connectivity index (χ0) is 18.4. The van der Waals surface area contributed by atoms with Crippen LogP contribution < -0.4 is 0 Å². The summed E-state index contributed by atoms with van der Waals surface area (Å²) >= 11 is 0. The normalized spacial score (nSPS) is 26.0. The molecule has 2 aliphatic heterocycles. The van der Waals surface area contributed by atoms with Gasteiger partial charge in [0, 0.05) is 25.6 Å². The average molecular weight is 378 g/mol. The van der Waals surface area contributed by atoms with Gasteiger partial charge in [-0.2, -0.15) is 0 Å². The minimum atomic E-state index is -3.16. The minimum absolute atomic E-state index is 0.0182. The first-order valence-corrected chi connectivity index (χ1v) is 11.2. The second-order valence-electron chi connectivity index (χ2n) is 8.20. The van der Waals surface area contributed by atoms with Crippen LogP contribution in [0.2, 0.25) is 0 Å². The van der Waals surface area contributed by atoms with Crippen LogP contribution in [-0.2, 0) is 25.8 Å². The van der Waals surface area contributed by atoms with Gasteiger partial charge in [0.1, 0.15) is 4.75 Å². The Morgan fingerprint density at radius 2 is 1.92 bits per heavy atom. The average Bonchev–Trinajstić information content (AvgIpc) is 3.32. The highest BCUT2D eigenvalue weighted by atomic mass is 32.2. The Labute approximate surface area is 155 Å². The number of amides is 1. The third-order valence-corrected chi connectivity index (χ3v) is 8.94. The van der Waals surface area contributed by atoms with Crippen molar-refractivity contribution in [1.29, 1.82) is 0 Å². The lowest BCUT2D eigenvalue weighted by atomic mass is 9.83. The molecule has 1 aliphatic carbocycles. The summed E-state index contributed by atoms with van der Waals surface area (Å²) in [4.78, 5) is 14.3. The fourth-order valence-electron chi connectivity index (χ4n) is 4.23. The molecule has 6 heteroatoms. The Hall–Kier alpha value is -1.40. The van der Waals surface area contributed by atoms with Crippen molar-refractivity contribution in [3.8, 4) is 0 Å². The largest absolute Gasteiger partial charge is 0.381 e. The Kier molecular flexibility index (Phi) is 4.59. The van der Waals surface area contributed by atoms with Crippen LogP contribution >= 0.6 is 0 Å². The second kappa shape index (κ2) is 6.64. The first kappa shape index (κ1) is 18.0. The maximum Gasteiger partial charge on any atom is 0.227 e. The number of benzene rings is 1. The molecular formula is C20H27NO4S. The standard InChI is InChI=1S/C20H27NO4S/c1-15-4-2-3-5-17(15)10-19(22)21-13-20(14-21)18(8-9-26(20,23)24)12-25-11-16-6-7-16/h2-5,16,18H,6-14H2,1H3. The lowest BCUT2D eigenvalue weighted by Gasteiger charge is -2.50. The van der Waals surface area contributed by atoms with Crippen LogP contribution in [0.1, 0.15) is 30.4 Å². The molecule has 1 atom stereocenters. The van der Waals surface area contributed by atoms with Crippen molar-refractivity contribution in [2.75, 3.05) is 32.1 Å². The highest BCUT2D eigenvalue weighted by Gasteiger charge is 2.62. The summed E-state index contributed by atoms with van der Waals surface area (Å²) in [5.41, 5.74) is 2.10. The summed E-state index contributed by atoms with van der Waals surface area (Å²) in [6, 6.07) is 7.85. The van der Waals surface area contributed by atoms with Crippen molar-refractivity contribution < 1.29 is 17.9 Å². The van der Waals surface area contributed by atoms with Gasteiger partial charge in [0.2, 0.25) is 5.91 Å². The molecule has 1 aromatic rings. The van der Waals surface area contributed by atoms with E-state index in [0.29, 0.717) is 38.5 Å². The van der Waals surface area contributed by atoms with Crippen LogP contribution in [0.25, 0.3) is 0 Å². The van der Waals surface area contributed by atoms with Gasteiger partial charge in [-0.3, -0.25) is 4.79 Å². The van der Waals surface area contributed by atoms with Gasteiger partial charge in [0.25, 0.3) is 0 Å². The third kappa shape index (κ3) is 3.18. The number of aryl methyl sites for hydroxylation is 1. The number of carbonyl (C=O) groups excluding carboxylic acids is 1. The van der Waals surface area contributed by atoms with Crippen LogP contribution in [0.3, 0.4) is 0 Å². The van der Waals surface area contributed by atoms with Crippen LogP contribution in [0.5, 0.6) is 0 Å². The molecule has 5 nitrogen and oxygen atoms in total. The molecule has 26 heavy (non-hydrogen) atoms. The molecular weight excluding hydrogens is 350 g/mol. The van der Waals surface area contributed by atoms with Crippen molar-refractivity contribution in [2.45, 2.75) is 37.4 Å². The van der Waals surface area contributed by atoms with E-state index in [1.54, 1.807) is 4.90 Å². The number of hydrogen-bond donors (Lipinski definition) is 0. The molecule has 1 unspecified atom stereocenters. The monoisotopic (exact) mass is 377 g/mol. The first-order valence-electron chi connectivity index (χ1n) is 9.54. The van der Waals surface area contributed by atoms with Gasteiger partial charge >= 0.3 is 0 Å². The van der Waals surface area contributed by atoms with E-state index in [0.717, 1.165) is 17.7 Å². The maximum absolute atomic E-state index is 12.7. The summed E-state index contributed by atoms with van der Waals surface area (Å²) in [6.07, 6.45) is 3.46. The molecule has 1 aromatic carbocycles. The van der Waals surface area contributed by atoms with E-state index in [-0.39, 0.29) is 17.6 Å². The molecule has 0 aromatic heterocycles. The number of nitrogens with zero attached hydrogens (tertiary/aromatic N) is 1. The van der Waals surface area contributed by atoms with Gasteiger partial charge in [0.15, 0.2) is 9.84 Å². The van der Waals surface area contributed by atoms with E-state index in [1.165, 1.54) is 12.8 Å². The summed E-state index contributed by atoms with van der Waals surface area (Å²) < 4.78 is 30.4. The number of carbonyl (C=O) groups is 1. The lowest BCUT2D eigenvalue weighted by molar-refractivity contribution is -0.137. The molecule has 1 saturated carbocycles. The smallest absolute Gasteiger partial charge is 0.227 e. The van der Waals surface area contributed by atoms with Gasteiger partial charge in [-0.15, -0.1) is 0 Å². The van der Waals surface area contributed by atoms with Gasteiger partial charge in [-0.25, -0.2) is 8.42 Å². The number of sulfone groups is 1. The summed E-state index contributed by atoms with van der Waals surface area (Å²) in [6.45, 7) is 3.92. The van der Waals surface area contributed by atoms with Crippen LogP contribution in [0.15, 0.2) is 24.3 Å². The van der Waals surface area contributed by atoms with E-state index in [4.69, 9.17) is 4.74 Å². The van der Waals surface area contributed by atoms with Crippen molar-refractivity contribution in [3.05, 3.63) is 35.4 Å². The van der Waals surface area contributed by atoms with E-state index in [1.807, 2.05) is 31.2 Å². The molecule has 3 aliphatic rings. The number of ether oxygens (including phenoxy) is 1. The van der Waals surface area contributed by atoms with Crippen molar-refractivity contribution in [1.82, 2.24) is 4.90 Å². The van der Waals surface area contributed by atoms with E-state index >= 15 is 0 Å². The van der Waals surface area contributed by atoms with Gasteiger partial charge in [-0.1, -0.05) is 24.3 Å². The molecule has 2 saturated heterocycles. The first-order chi connectivity index (χ1) is 12.4. The van der Waals surface area contributed by atoms with Gasteiger partial charge in [0.05, 0.1) is 18.8 Å². The van der Waals surface area contributed by atoms with Crippen molar-refractivity contribution >= 4 is 15.7 Å². The van der Waals surface area contributed by atoms with Crippen molar-refractivity contribution in [3.63, 3.8) is 0 Å². The lowest BCUT2D eigenvalue weighted by Crippen LogP contribution is -2.69. The summed E-state index contributed by atoms with van der Waals surface area (Å²) in [7, 11) is -3.16. The molecule has 0 N–H and O–H groups in total. The van der Waals surface area contributed by atoms with E-state index in [2.05, 4.69) is 0 Å². The van der Waals surface area contributed by atoms with E-state index < -0.39 is 14.6 Å². The minimum Gasteiger partial charge on any atom is -0.381 e. The number of hydrogen-bond acceptors (Lipinski definition) is 4. The molecule has 0 bridgehead atoms. The van der Waals surface area contributed by atoms with Gasteiger partial charge < -0.3 is 9.64 Å². The molecule has 142 valence electrons. The summed E-state index contributed by atoms with van der Waals surface area (Å²) in [5, 5.41) is 0. The Bertz CT molecular complexity index is 794. The molecule has 4 rings (SSSR count). The quantitative estimate of drug-likeness (QED) is 0.760. The highest BCUT2D eigenvalue weighted by Crippen LogP contribution is 2.45. The Balaban J connectivity index is 1.39. The van der Waals surface area contributed by atoms with Crippen LogP contribution in [-0.4, -0.2) is 56.0 Å².